The number of benzene rings is 3. The molecule has 0 spiro atoms. The van der Waals surface area contributed by atoms with Gasteiger partial charge in [0.15, 0.2) is 0 Å². The lowest BCUT2D eigenvalue weighted by molar-refractivity contribution is 0.596. The van der Waals surface area contributed by atoms with Gasteiger partial charge >= 0.3 is 0 Å². The van der Waals surface area contributed by atoms with Crippen LogP contribution in [0.3, 0.4) is 0 Å². The molecule has 0 amide bonds. The summed E-state index contributed by atoms with van der Waals surface area (Å²) in [5, 5.41) is 8.08. The summed E-state index contributed by atoms with van der Waals surface area (Å²) < 4.78 is 7.45. The largest absolute Gasteiger partial charge is 0.438 e. The van der Waals surface area contributed by atoms with Gasteiger partial charge in [-0.15, -0.1) is 11.3 Å². The maximum Gasteiger partial charge on any atom is 0.231 e. The molecule has 3 aromatic carbocycles. The third-order valence-corrected chi connectivity index (χ3v) is 7.16. The van der Waals surface area contributed by atoms with Crippen molar-refractivity contribution in [3.63, 3.8) is 0 Å². The summed E-state index contributed by atoms with van der Waals surface area (Å²) in [5.41, 5.74) is 6.12. The van der Waals surface area contributed by atoms with Crippen molar-refractivity contribution in [1.29, 1.82) is 0 Å². The standard InChI is InChI=1S/C27H22N2OS/c1-15-13-31-21-10-9-20-23(22(15)21)24-25(28-14-29-26(24)30-20)17-11-16-7-5-6-8-18(16)19(12-17)27(2,3)4/h5-14H,1-4H3. The van der Waals surface area contributed by atoms with Crippen LogP contribution in [0.15, 0.2) is 64.7 Å². The summed E-state index contributed by atoms with van der Waals surface area (Å²) in [5.74, 6) is 0. The highest BCUT2D eigenvalue weighted by Gasteiger charge is 2.22. The lowest BCUT2D eigenvalue weighted by Crippen LogP contribution is -2.12. The lowest BCUT2D eigenvalue weighted by Gasteiger charge is -2.22. The third-order valence-electron chi connectivity index (χ3n) is 6.10. The van der Waals surface area contributed by atoms with Gasteiger partial charge in [0.2, 0.25) is 5.71 Å². The molecular weight excluding hydrogens is 400 g/mol. The van der Waals surface area contributed by atoms with E-state index in [9.17, 15) is 0 Å². The first kappa shape index (κ1) is 18.5. The van der Waals surface area contributed by atoms with E-state index in [0.29, 0.717) is 5.71 Å². The average molecular weight is 423 g/mol. The second-order valence-corrected chi connectivity index (χ2v) is 10.1. The average Bonchev–Trinajstić information content (AvgIpc) is 3.32. The molecule has 0 aliphatic heterocycles. The van der Waals surface area contributed by atoms with E-state index in [1.807, 2.05) is 0 Å². The van der Waals surface area contributed by atoms with Crippen LogP contribution in [0.4, 0.5) is 0 Å². The summed E-state index contributed by atoms with van der Waals surface area (Å²) in [4.78, 5) is 9.27. The van der Waals surface area contributed by atoms with E-state index in [1.54, 1.807) is 17.7 Å². The first-order chi connectivity index (χ1) is 14.9. The first-order valence-corrected chi connectivity index (χ1v) is 11.4. The van der Waals surface area contributed by atoms with E-state index in [-0.39, 0.29) is 5.41 Å². The van der Waals surface area contributed by atoms with Crippen LogP contribution in [0.2, 0.25) is 0 Å². The fraction of sp³-hybridized carbons (Fsp3) is 0.185. The molecule has 6 rings (SSSR count). The normalized spacial score (nSPS) is 12.5. The zero-order chi connectivity index (χ0) is 21.3. The van der Waals surface area contributed by atoms with E-state index >= 15 is 0 Å². The molecule has 3 nitrogen and oxygen atoms in total. The fourth-order valence-corrected chi connectivity index (χ4v) is 5.61. The number of fused-ring (bicyclic) bond motifs is 6. The Hall–Kier alpha value is -3.24. The van der Waals surface area contributed by atoms with E-state index in [0.717, 1.165) is 27.6 Å². The summed E-state index contributed by atoms with van der Waals surface area (Å²) in [6.45, 7) is 8.95. The number of hydrogen-bond acceptors (Lipinski definition) is 4. The summed E-state index contributed by atoms with van der Waals surface area (Å²) in [6, 6.07) is 17.3. The number of hydrogen-bond donors (Lipinski definition) is 0. The number of rotatable bonds is 1. The molecule has 3 heterocycles. The van der Waals surface area contributed by atoms with Crippen LogP contribution in [0, 0.1) is 6.92 Å². The van der Waals surface area contributed by atoms with Crippen molar-refractivity contribution in [2.45, 2.75) is 33.1 Å². The van der Waals surface area contributed by atoms with Gasteiger partial charge in [-0.1, -0.05) is 45.0 Å². The molecule has 6 aromatic rings. The Bertz CT molecular complexity index is 1630. The SMILES string of the molecule is Cc1csc2ccc3oc4ncnc(-c5cc(C(C)(C)C)c6ccccc6c5)c4c3c12. The minimum absolute atomic E-state index is 0.0113. The minimum Gasteiger partial charge on any atom is -0.438 e. The van der Waals surface area contributed by atoms with E-state index in [2.05, 4.69) is 86.6 Å². The topological polar surface area (TPSA) is 38.9 Å². The fourth-order valence-electron chi connectivity index (χ4n) is 4.66. The van der Waals surface area contributed by atoms with Crippen LogP contribution in [-0.4, -0.2) is 9.97 Å². The summed E-state index contributed by atoms with van der Waals surface area (Å²) in [7, 11) is 0. The second-order valence-electron chi connectivity index (χ2n) is 9.23. The van der Waals surface area contributed by atoms with Crippen molar-refractivity contribution in [1.82, 2.24) is 9.97 Å². The molecule has 0 N–H and O–H groups in total. The van der Waals surface area contributed by atoms with Crippen molar-refractivity contribution in [3.8, 4) is 11.3 Å². The zero-order valence-electron chi connectivity index (χ0n) is 18.0. The van der Waals surface area contributed by atoms with Gasteiger partial charge in [0.05, 0.1) is 11.1 Å². The van der Waals surface area contributed by atoms with Crippen LogP contribution in [0.5, 0.6) is 0 Å². The van der Waals surface area contributed by atoms with Crippen LogP contribution >= 0.6 is 11.3 Å². The molecule has 0 radical (unpaired) electrons. The second kappa shape index (κ2) is 6.38. The number of thiophene rings is 1. The van der Waals surface area contributed by atoms with Crippen LogP contribution in [0.25, 0.3) is 54.2 Å². The lowest BCUT2D eigenvalue weighted by atomic mass is 9.82. The maximum absolute atomic E-state index is 6.19. The Kier molecular flexibility index (Phi) is 3.81. The predicted octanol–water partition coefficient (Wildman–Crippen LogP) is 8.02. The van der Waals surface area contributed by atoms with Gasteiger partial charge in [-0.3, -0.25) is 0 Å². The molecule has 0 saturated carbocycles. The third kappa shape index (κ3) is 2.71. The number of aryl methyl sites for hydroxylation is 1. The molecule has 0 bridgehead atoms. The van der Waals surface area contributed by atoms with Crippen molar-refractivity contribution in [2.24, 2.45) is 0 Å². The molecular formula is C27H22N2OS. The van der Waals surface area contributed by atoms with Gasteiger partial charge in [-0.05, 0) is 63.9 Å². The summed E-state index contributed by atoms with van der Waals surface area (Å²) in [6.07, 6.45) is 1.61. The van der Waals surface area contributed by atoms with E-state index in [1.165, 1.54) is 32.0 Å². The zero-order valence-corrected chi connectivity index (χ0v) is 18.8. The molecule has 31 heavy (non-hydrogen) atoms. The Labute approximate surface area is 184 Å². The molecule has 0 atom stereocenters. The molecule has 0 aliphatic carbocycles. The highest BCUT2D eigenvalue weighted by Crippen LogP contribution is 2.42. The Morgan fingerprint density at radius 3 is 2.58 bits per heavy atom. The molecule has 0 aliphatic rings. The van der Waals surface area contributed by atoms with Gasteiger partial charge in [-0.2, -0.15) is 0 Å². The Morgan fingerprint density at radius 2 is 1.74 bits per heavy atom. The predicted molar refractivity (Wildman–Crippen MR) is 131 cm³/mol. The van der Waals surface area contributed by atoms with E-state index in [4.69, 9.17) is 9.40 Å². The number of nitrogens with zero attached hydrogens (tertiary/aromatic N) is 2. The van der Waals surface area contributed by atoms with Crippen molar-refractivity contribution < 1.29 is 4.42 Å². The van der Waals surface area contributed by atoms with Crippen LogP contribution < -0.4 is 0 Å². The quantitative estimate of drug-likeness (QED) is 0.269. The number of furan rings is 1. The first-order valence-electron chi connectivity index (χ1n) is 10.5. The highest BCUT2D eigenvalue weighted by molar-refractivity contribution is 7.17. The van der Waals surface area contributed by atoms with Gasteiger partial charge in [0.1, 0.15) is 11.9 Å². The number of aromatic nitrogens is 2. The highest BCUT2D eigenvalue weighted by atomic mass is 32.1. The van der Waals surface area contributed by atoms with Gasteiger partial charge in [0, 0.05) is 21.0 Å². The summed E-state index contributed by atoms with van der Waals surface area (Å²) >= 11 is 1.77. The van der Waals surface area contributed by atoms with Crippen molar-refractivity contribution in [2.75, 3.05) is 0 Å². The van der Waals surface area contributed by atoms with Crippen molar-refractivity contribution in [3.05, 3.63) is 71.4 Å². The van der Waals surface area contributed by atoms with Gasteiger partial charge in [-0.25, -0.2) is 9.97 Å². The Morgan fingerprint density at radius 1 is 0.903 bits per heavy atom. The molecule has 4 heteroatoms. The maximum atomic E-state index is 6.19. The molecule has 152 valence electrons. The van der Waals surface area contributed by atoms with Crippen LogP contribution in [-0.2, 0) is 5.41 Å². The molecule has 0 unspecified atom stereocenters. The minimum atomic E-state index is 0.0113. The monoisotopic (exact) mass is 422 g/mol. The molecule has 0 saturated heterocycles. The van der Waals surface area contributed by atoms with E-state index < -0.39 is 0 Å². The van der Waals surface area contributed by atoms with Crippen LogP contribution in [0.1, 0.15) is 31.9 Å². The van der Waals surface area contributed by atoms with Gasteiger partial charge < -0.3 is 4.42 Å². The van der Waals surface area contributed by atoms with Gasteiger partial charge in [0.25, 0.3) is 0 Å². The van der Waals surface area contributed by atoms with Crippen molar-refractivity contribution >= 4 is 54.3 Å². The Balaban J connectivity index is 1.78. The molecule has 3 aromatic heterocycles. The molecule has 0 fully saturated rings. The smallest absolute Gasteiger partial charge is 0.231 e.